The summed E-state index contributed by atoms with van der Waals surface area (Å²) in [5.74, 6) is -7.61. The minimum absolute atomic E-state index is 0.00149. The third kappa shape index (κ3) is 22.4. The zero-order valence-corrected chi connectivity index (χ0v) is 73.1. The SMILES string of the molecule is C[C@@H]1O[C@@H](OC[C@H]2O[C@@H](Oc3c(-c4ccc(OCc5ccccc5)c(OCc5ccccc5)c4)oc4cc(OCc5ccccc5)cc(OCc5ccccc5)c4c3=O)[C@H](O[C@@H]3OC[C@@](COC(=O)c4ccccc4)(OC(=O)c4ccccc4)[C@H]3OC(=O)c3ccccc3)[C@@H](OC(=O)c3ccccc3)[C@@H]2O)[C@H](OC(=O)c2ccccc2)[C@H](OC(=O)c2ccccc2)[C@H]1OC(=O)c1ccccc1. The predicted molar refractivity (Wildman–Crippen MR) is 491 cm³/mol. The number of benzene rings is 13. The van der Waals surface area contributed by atoms with Gasteiger partial charge in [0.15, 0.2) is 66.5 Å². The first-order chi connectivity index (χ1) is 66.5. The summed E-state index contributed by atoms with van der Waals surface area (Å²) in [6, 6.07) is 99.2. The van der Waals surface area contributed by atoms with Gasteiger partial charge >= 0.3 is 41.8 Å². The summed E-state index contributed by atoms with van der Waals surface area (Å²) in [5, 5.41) is 13.6. The zero-order chi connectivity index (χ0) is 93.7. The standard InChI is InChI=1S/C109H90O27/c1-69-91(129-100(113)75-45-23-7-24-46-75)95(131-102(115)77-49-27-9-28-50-77)97(132-103(116)78-51-29-10-30-52-78)106(126-69)123-66-87-89(110)93(130-101(114)76-47-25-8-26-48-76)96(134-108-98(135-104(117)79-53-31-11-32-54-79)109(68-125-108,136-105(118)80-55-33-12-34-56-80)67-124-99(112)74-43-21-6-22-44-74)107(128-87)133-94-90(111)88-85(122-65-73-41-19-5-20-42-73)60-82(119-62-70-35-13-2-14-36-70)61-86(88)127-92(94)81-57-58-83(120-63-71-37-15-3-16-38-71)84(59-81)121-64-72-39-17-4-18-40-72/h2-61,69,87,89,91,93,95-98,106-108,110H,62-68H2,1H3/t69-,87+,89+,91-,93-,95+,96+,97+,98-,106+,107-,108-,109+/m0/s1. The second-order valence-electron chi connectivity index (χ2n) is 32.0. The maximum atomic E-state index is 17.2. The molecule has 17 rings (SSSR count). The molecule has 0 aliphatic carbocycles. The van der Waals surface area contributed by atoms with Crippen LogP contribution in [0.1, 0.15) is 102 Å². The molecule has 13 aromatic carbocycles. The van der Waals surface area contributed by atoms with Gasteiger partial charge in [-0.1, -0.05) is 249 Å². The van der Waals surface area contributed by atoms with E-state index in [0.717, 1.165) is 16.7 Å². The Morgan fingerprint density at radius 2 is 0.772 bits per heavy atom. The van der Waals surface area contributed by atoms with Crippen molar-refractivity contribution in [2.24, 2.45) is 0 Å². The molecule has 14 aromatic rings. The largest absolute Gasteiger partial charge is 0.489 e. The highest BCUT2D eigenvalue weighted by Crippen LogP contribution is 2.45. The van der Waals surface area contributed by atoms with E-state index in [1.165, 1.54) is 104 Å². The maximum absolute atomic E-state index is 17.2. The van der Waals surface area contributed by atoms with Crippen LogP contribution in [0.3, 0.4) is 0 Å². The van der Waals surface area contributed by atoms with E-state index in [9.17, 15) is 29.1 Å². The second-order valence-corrected chi connectivity index (χ2v) is 32.0. The number of rotatable bonds is 35. The Balaban J connectivity index is 0.850. The molecule has 27 heteroatoms. The Labute approximate surface area is 780 Å². The van der Waals surface area contributed by atoms with Crippen LogP contribution < -0.4 is 29.1 Å². The molecule has 1 N–H and O–H groups in total. The van der Waals surface area contributed by atoms with E-state index in [0.29, 0.717) is 5.56 Å². The van der Waals surface area contributed by atoms with Gasteiger partial charge in [-0.05, 0) is 132 Å². The van der Waals surface area contributed by atoms with Crippen molar-refractivity contribution in [1.82, 2.24) is 0 Å². The van der Waals surface area contributed by atoms with Gasteiger partial charge in [0.25, 0.3) is 0 Å². The lowest BCUT2D eigenvalue weighted by Crippen LogP contribution is -2.65. The number of hydrogen-bond acceptors (Lipinski definition) is 27. The molecule has 0 amide bonds. The van der Waals surface area contributed by atoms with Crippen molar-refractivity contribution in [3.05, 3.63) is 435 Å². The van der Waals surface area contributed by atoms with E-state index in [-0.39, 0.29) is 111 Å². The van der Waals surface area contributed by atoms with Gasteiger partial charge in [0.2, 0.25) is 23.1 Å². The first-order valence-electron chi connectivity index (χ1n) is 43.8. The predicted octanol–water partition coefficient (Wildman–Crippen LogP) is 17.3. The fraction of sp³-hybridized carbons (Fsp3) is 0.193. The highest BCUT2D eigenvalue weighted by Gasteiger charge is 2.62. The van der Waals surface area contributed by atoms with Gasteiger partial charge in [-0.15, -0.1) is 0 Å². The Bertz CT molecular complexity index is 6480. The van der Waals surface area contributed by atoms with Gasteiger partial charge < -0.3 is 90.1 Å². The van der Waals surface area contributed by atoms with E-state index in [1.807, 2.05) is 121 Å². The van der Waals surface area contributed by atoms with Crippen LogP contribution in [-0.2, 0) is 83.3 Å². The van der Waals surface area contributed by atoms with E-state index < -0.39 is 152 Å². The normalized spacial score (nSPS) is 20.5. The van der Waals surface area contributed by atoms with Crippen molar-refractivity contribution in [2.45, 2.75) is 113 Å². The molecular weight excluding hydrogens is 1740 g/mol. The summed E-state index contributed by atoms with van der Waals surface area (Å²) in [6.07, 6.45) is -23.8. The summed E-state index contributed by atoms with van der Waals surface area (Å²) < 4.78 is 121. The van der Waals surface area contributed by atoms with Gasteiger partial charge in [0.1, 0.15) is 67.7 Å². The van der Waals surface area contributed by atoms with Crippen LogP contribution in [0.4, 0.5) is 0 Å². The molecule has 3 aliphatic heterocycles. The first kappa shape index (κ1) is 92.0. The van der Waals surface area contributed by atoms with Gasteiger partial charge in [0, 0.05) is 17.7 Å². The smallest absolute Gasteiger partial charge is 0.339 e. The van der Waals surface area contributed by atoms with Crippen LogP contribution in [0.25, 0.3) is 22.3 Å². The summed E-state index contributed by atoms with van der Waals surface area (Å²) in [5.41, 5.74) is -0.394. The fourth-order valence-corrected chi connectivity index (χ4v) is 15.6. The van der Waals surface area contributed by atoms with Crippen LogP contribution in [0, 0.1) is 0 Å². The Kier molecular flexibility index (Phi) is 29.5. The lowest BCUT2D eigenvalue weighted by Gasteiger charge is -2.46. The van der Waals surface area contributed by atoms with E-state index in [4.69, 9.17) is 84.9 Å². The lowest BCUT2D eigenvalue weighted by atomic mass is 9.96. The number of esters is 7. The van der Waals surface area contributed by atoms with Crippen LogP contribution in [-0.4, -0.2) is 146 Å². The number of hydrogen-bond donors (Lipinski definition) is 1. The third-order valence-corrected chi connectivity index (χ3v) is 22.6. The summed E-state index contributed by atoms with van der Waals surface area (Å²) >= 11 is 0. The number of aliphatic hydroxyl groups excluding tert-OH is 1. The van der Waals surface area contributed by atoms with Gasteiger partial charge in [-0.3, -0.25) is 4.79 Å². The molecule has 1 aromatic heterocycles. The van der Waals surface area contributed by atoms with Crippen molar-refractivity contribution in [3.63, 3.8) is 0 Å². The quantitative estimate of drug-likeness (QED) is 0.0285. The van der Waals surface area contributed by atoms with Crippen molar-refractivity contribution in [1.29, 1.82) is 0 Å². The Hall–Kier alpha value is -15.9. The molecule has 0 radical (unpaired) electrons. The number of ether oxygens (including phenoxy) is 17. The lowest BCUT2D eigenvalue weighted by molar-refractivity contribution is -0.334. The highest BCUT2D eigenvalue weighted by atomic mass is 16.8. The van der Waals surface area contributed by atoms with Gasteiger partial charge in [-0.25, -0.2) is 33.6 Å². The molecule has 27 nitrogen and oxygen atoms in total. The van der Waals surface area contributed by atoms with E-state index in [1.54, 1.807) is 146 Å². The van der Waals surface area contributed by atoms with Crippen molar-refractivity contribution in [3.8, 4) is 40.1 Å². The van der Waals surface area contributed by atoms with Crippen LogP contribution in [0.5, 0.6) is 28.7 Å². The molecule has 688 valence electrons. The third-order valence-electron chi connectivity index (χ3n) is 22.6. The van der Waals surface area contributed by atoms with Gasteiger partial charge in [-0.2, -0.15) is 0 Å². The second kappa shape index (κ2) is 43.7. The highest BCUT2D eigenvalue weighted by molar-refractivity contribution is 5.94. The molecule has 4 heterocycles. The summed E-state index contributed by atoms with van der Waals surface area (Å²) in [4.78, 5) is 121. The summed E-state index contributed by atoms with van der Waals surface area (Å²) in [6.45, 7) is -1.24. The molecule has 0 unspecified atom stereocenters. The van der Waals surface area contributed by atoms with Crippen molar-refractivity contribution >= 4 is 52.8 Å². The van der Waals surface area contributed by atoms with Crippen LogP contribution >= 0.6 is 0 Å². The summed E-state index contributed by atoms with van der Waals surface area (Å²) in [7, 11) is 0. The maximum Gasteiger partial charge on any atom is 0.339 e. The Morgan fingerprint density at radius 1 is 0.375 bits per heavy atom. The molecule has 0 bridgehead atoms. The van der Waals surface area contributed by atoms with Crippen LogP contribution in [0.2, 0.25) is 0 Å². The average Bonchev–Trinajstić information content (AvgIpc) is 1.10. The van der Waals surface area contributed by atoms with Crippen LogP contribution in [0.15, 0.2) is 373 Å². The van der Waals surface area contributed by atoms with Crippen molar-refractivity contribution < 1.29 is 124 Å². The molecule has 3 fully saturated rings. The topological polar surface area (TPSA) is 327 Å². The van der Waals surface area contributed by atoms with Crippen molar-refractivity contribution in [2.75, 3.05) is 19.8 Å². The minimum Gasteiger partial charge on any atom is -0.489 e. The minimum atomic E-state index is -2.42. The molecule has 136 heavy (non-hydrogen) atoms. The monoisotopic (exact) mass is 1830 g/mol. The number of carbonyl (C=O) groups excluding carboxylic acids is 7. The number of carbonyl (C=O) groups is 7. The van der Waals surface area contributed by atoms with E-state index >= 15 is 14.4 Å². The molecule has 3 saturated heterocycles. The number of fused-ring (bicyclic) bond motifs is 1. The Morgan fingerprint density at radius 3 is 1.24 bits per heavy atom. The molecule has 13 atom stereocenters. The molecule has 0 spiro atoms. The average molecular weight is 1830 g/mol. The molecule has 0 saturated carbocycles. The van der Waals surface area contributed by atoms with E-state index in [2.05, 4.69) is 0 Å². The first-order valence-corrected chi connectivity index (χ1v) is 43.8. The zero-order valence-electron chi connectivity index (χ0n) is 73.1. The molecular formula is C109H90O27. The molecule has 3 aliphatic rings. The fourth-order valence-electron chi connectivity index (χ4n) is 15.6. The number of aliphatic hydroxyl groups is 1. The van der Waals surface area contributed by atoms with Gasteiger partial charge in [0.05, 0.1) is 58.3 Å².